The summed E-state index contributed by atoms with van der Waals surface area (Å²) < 4.78 is 3.49. The second kappa shape index (κ2) is 4.60. The van der Waals surface area contributed by atoms with Gasteiger partial charge in [-0.05, 0) is 48.5 Å². The highest BCUT2D eigenvalue weighted by Gasteiger charge is 2.11. The van der Waals surface area contributed by atoms with E-state index in [1.165, 1.54) is 20.9 Å². The van der Waals surface area contributed by atoms with E-state index in [2.05, 4.69) is 64.1 Å². The molecule has 0 saturated carbocycles. The van der Waals surface area contributed by atoms with Gasteiger partial charge in [0.1, 0.15) is 0 Å². The molecule has 2 aromatic rings. The highest BCUT2D eigenvalue weighted by Crippen LogP contribution is 2.30. The molecule has 0 aliphatic heterocycles. The van der Waals surface area contributed by atoms with E-state index in [9.17, 15) is 0 Å². The van der Waals surface area contributed by atoms with E-state index >= 15 is 0 Å². The number of nitrogens with zero attached hydrogens (tertiary/aromatic N) is 1. The van der Waals surface area contributed by atoms with Gasteiger partial charge in [-0.25, -0.2) is 0 Å². The molecule has 1 aromatic carbocycles. The first-order valence-electron chi connectivity index (χ1n) is 5.57. The summed E-state index contributed by atoms with van der Waals surface area (Å²) in [7, 11) is 1.98. The Morgan fingerprint density at radius 1 is 1.38 bits per heavy atom. The number of benzene rings is 1. The number of fused-ring (bicyclic) bond motifs is 1. The predicted octanol–water partition coefficient (Wildman–Crippen LogP) is 3.70. The van der Waals surface area contributed by atoms with Gasteiger partial charge in [-0.3, -0.25) is 0 Å². The predicted molar refractivity (Wildman–Crippen MR) is 72.8 cm³/mol. The van der Waals surface area contributed by atoms with Crippen molar-refractivity contribution >= 4 is 26.8 Å². The third kappa shape index (κ3) is 1.89. The van der Waals surface area contributed by atoms with Gasteiger partial charge in [-0.2, -0.15) is 0 Å². The number of nitrogens with one attached hydrogen (secondary N) is 1. The molecule has 0 amide bonds. The summed E-state index contributed by atoms with van der Waals surface area (Å²) >= 11 is 3.64. The van der Waals surface area contributed by atoms with E-state index in [1.807, 2.05) is 7.05 Å². The Balaban J connectivity index is 2.71. The number of halogens is 1. The smallest absolute Gasteiger partial charge is 0.0630 e. The maximum atomic E-state index is 3.64. The van der Waals surface area contributed by atoms with E-state index < -0.39 is 0 Å². The fourth-order valence-electron chi connectivity index (χ4n) is 2.08. The average Bonchev–Trinajstić information content (AvgIpc) is 2.60. The molecule has 0 radical (unpaired) electrons. The fourth-order valence-corrected chi connectivity index (χ4v) is 2.65. The summed E-state index contributed by atoms with van der Waals surface area (Å²) in [6, 6.07) is 6.86. The van der Waals surface area contributed by atoms with Gasteiger partial charge in [0.25, 0.3) is 0 Å². The zero-order valence-corrected chi connectivity index (χ0v) is 11.5. The van der Waals surface area contributed by atoms with Gasteiger partial charge >= 0.3 is 0 Å². The Kier molecular flexibility index (Phi) is 3.36. The first-order valence-corrected chi connectivity index (χ1v) is 6.37. The Bertz CT molecular complexity index is 500. The Hall–Kier alpha value is -0.800. The quantitative estimate of drug-likeness (QED) is 0.907. The van der Waals surface area contributed by atoms with Gasteiger partial charge in [0, 0.05) is 28.6 Å². The van der Waals surface area contributed by atoms with Crippen LogP contribution < -0.4 is 5.32 Å². The summed E-state index contributed by atoms with van der Waals surface area (Å²) in [4.78, 5) is 0. The molecule has 1 aromatic heterocycles. The van der Waals surface area contributed by atoms with Gasteiger partial charge in [0.15, 0.2) is 0 Å². The second-order valence-electron chi connectivity index (χ2n) is 4.32. The van der Waals surface area contributed by atoms with Gasteiger partial charge in [-0.1, -0.05) is 12.1 Å². The lowest BCUT2D eigenvalue weighted by Crippen LogP contribution is -2.04. The van der Waals surface area contributed by atoms with Gasteiger partial charge in [0.2, 0.25) is 0 Å². The van der Waals surface area contributed by atoms with Crippen molar-refractivity contribution < 1.29 is 0 Å². The zero-order chi connectivity index (χ0) is 11.7. The van der Waals surface area contributed by atoms with Crippen molar-refractivity contribution in [3.05, 3.63) is 34.4 Å². The monoisotopic (exact) mass is 280 g/mol. The van der Waals surface area contributed by atoms with Crippen LogP contribution in [0.4, 0.5) is 0 Å². The maximum Gasteiger partial charge on any atom is 0.0630 e. The first kappa shape index (κ1) is 11.7. The van der Waals surface area contributed by atoms with Gasteiger partial charge in [0.05, 0.1) is 5.52 Å². The van der Waals surface area contributed by atoms with Crippen LogP contribution in [0.1, 0.15) is 25.5 Å². The van der Waals surface area contributed by atoms with Crippen LogP contribution in [0.15, 0.2) is 28.9 Å². The van der Waals surface area contributed by atoms with Crippen LogP contribution in [-0.2, 0) is 6.54 Å². The van der Waals surface area contributed by atoms with E-state index in [1.54, 1.807) is 0 Å². The second-order valence-corrected chi connectivity index (χ2v) is 5.18. The van der Waals surface area contributed by atoms with E-state index in [4.69, 9.17) is 0 Å². The van der Waals surface area contributed by atoms with Crippen molar-refractivity contribution in [3.63, 3.8) is 0 Å². The van der Waals surface area contributed by atoms with Crippen molar-refractivity contribution in [2.45, 2.75) is 26.4 Å². The largest absolute Gasteiger partial charge is 0.344 e. The van der Waals surface area contributed by atoms with E-state index in [-0.39, 0.29) is 0 Å². The van der Waals surface area contributed by atoms with Crippen molar-refractivity contribution in [3.8, 4) is 0 Å². The van der Waals surface area contributed by atoms with Crippen molar-refractivity contribution in [2.24, 2.45) is 0 Å². The molecule has 0 spiro atoms. The number of rotatable bonds is 3. The van der Waals surface area contributed by atoms with Crippen LogP contribution in [0.25, 0.3) is 10.9 Å². The SMILES string of the molecule is CNCc1cn(C(C)C)c2c(Br)cccc12. The third-order valence-electron chi connectivity index (χ3n) is 2.81. The number of hydrogen-bond donors (Lipinski definition) is 1. The standard InChI is InChI=1S/C13H17BrN2/c1-9(2)16-8-10(7-15-3)11-5-4-6-12(14)13(11)16/h4-6,8-9,15H,7H2,1-3H3. The third-order valence-corrected chi connectivity index (χ3v) is 3.45. The summed E-state index contributed by atoms with van der Waals surface area (Å²) in [5, 5.41) is 4.55. The maximum absolute atomic E-state index is 3.64. The molecule has 1 heterocycles. The summed E-state index contributed by atoms with van der Waals surface area (Å²) in [6.45, 7) is 5.33. The highest BCUT2D eigenvalue weighted by atomic mass is 79.9. The molecule has 0 saturated heterocycles. The number of para-hydroxylation sites is 1. The highest BCUT2D eigenvalue weighted by molar-refractivity contribution is 9.10. The van der Waals surface area contributed by atoms with Crippen LogP contribution >= 0.6 is 15.9 Å². The number of aromatic nitrogens is 1. The molecule has 86 valence electrons. The molecule has 2 nitrogen and oxygen atoms in total. The Labute approximate surface area is 105 Å². The molecular formula is C13H17BrN2. The lowest BCUT2D eigenvalue weighted by atomic mass is 10.2. The molecular weight excluding hydrogens is 264 g/mol. The van der Waals surface area contributed by atoms with Crippen LogP contribution in [0.5, 0.6) is 0 Å². The van der Waals surface area contributed by atoms with Crippen LogP contribution in [0, 0.1) is 0 Å². The minimum atomic E-state index is 0.479. The molecule has 0 aliphatic carbocycles. The molecule has 3 heteroatoms. The summed E-state index contributed by atoms with van der Waals surface area (Å²) in [5.41, 5.74) is 2.65. The van der Waals surface area contributed by atoms with E-state index in [0.29, 0.717) is 6.04 Å². The topological polar surface area (TPSA) is 17.0 Å². The molecule has 0 bridgehead atoms. The minimum absolute atomic E-state index is 0.479. The molecule has 1 N–H and O–H groups in total. The Morgan fingerprint density at radius 2 is 2.12 bits per heavy atom. The molecule has 0 atom stereocenters. The lowest BCUT2D eigenvalue weighted by Gasteiger charge is -2.09. The molecule has 2 rings (SSSR count). The van der Waals surface area contributed by atoms with Crippen molar-refractivity contribution in [2.75, 3.05) is 7.05 Å². The van der Waals surface area contributed by atoms with Crippen LogP contribution in [0.3, 0.4) is 0 Å². The van der Waals surface area contributed by atoms with Crippen LogP contribution in [0.2, 0.25) is 0 Å². The lowest BCUT2D eigenvalue weighted by molar-refractivity contribution is 0.619. The van der Waals surface area contributed by atoms with Gasteiger partial charge < -0.3 is 9.88 Å². The normalized spacial score (nSPS) is 11.6. The average molecular weight is 281 g/mol. The Morgan fingerprint density at radius 3 is 2.75 bits per heavy atom. The van der Waals surface area contributed by atoms with Crippen molar-refractivity contribution in [1.29, 1.82) is 0 Å². The molecule has 16 heavy (non-hydrogen) atoms. The molecule has 0 fully saturated rings. The summed E-state index contributed by atoms with van der Waals surface area (Å²) in [5.74, 6) is 0. The molecule has 0 unspecified atom stereocenters. The fraction of sp³-hybridized carbons (Fsp3) is 0.385. The summed E-state index contributed by atoms with van der Waals surface area (Å²) in [6.07, 6.45) is 2.25. The zero-order valence-electron chi connectivity index (χ0n) is 9.92. The first-order chi connectivity index (χ1) is 7.65. The molecule has 0 aliphatic rings. The van der Waals surface area contributed by atoms with E-state index in [0.717, 1.165) is 6.54 Å². The van der Waals surface area contributed by atoms with Crippen LogP contribution in [-0.4, -0.2) is 11.6 Å². The number of hydrogen-bond acceptors (Lipinski definition) is 1. The van der Waals surface area contributed by atoms with Crippen molar-refractivity contribution in [1.82, 2.24) is 9.88 Å². The van der Waals surface area contributed by atoms with Gasteiger partial charge in [-0.15, -0.1) is 0 Å². The minimum Gasteiger partial charge on any atom is -0.344 e.